The van der Waals surface area contributed by atoms with Gasteiger partial charge in [0.1, 0.15) is 6.33 Å². The molecule has 0 spiro atoms. The highest BCUT2D eigenvalue weighted by molar-refractivity contribution is 5.76. The van der Waals surface area contributed by atoms with Crippen molar-refractivity contribution in [2.45, 2.75) is 38.6 Å². The molecule has 1 aliphatic rings. The van der Waals surface area contributed by atoms with Crippen LogP contribution in [0.2, 0.25) is 0 Å². The van der Waals surface area contributed by atoms with Crippen molar-refractivity contribution < 1.29 is 4.79 Å². The predicted molar refractivity (Wildman–Crippen MR) is 70.5 cm³/mol. The Morgan fingerprint density at radius 1 is 1.50 bits per heavy atom. The first-order valence-corrected chi connectivity index (χ1v) is 6.77. The van der Waals surface area contributed by atoms with Crippen LogP contribution in [0.3, 0.4) is 0 Å². The number of rotatable bonds is 4. The van der Waals surface area contributed by atoms with Gasteiger partial charge in [0.2, 0.25) is 0 Å². The Bertz CT molecular complexity index is 363. The van der Waals surface area contributed by atoms with Gasteiger partial charge in [0, 0.05) is 31.5 Å². The number of nitrogens with one attached hydrogen (secondary N) is 1. The fraction of sp³-hybridized carbons (Fsp3) is 0.692. The number of carbonyl (C=O) groups excluding carboxylic acids is 1. The second-order valence-corrected chi connectivity index (χ2v) is 4.94. The molecule has 100 valence electrons. The zero-order chi connectivity index (χ0) is 12.8. The van der Waals surface area contributed by atoms with Gasteiger partial charge in [-0.15, -0.1) is 0 Å². The SMILES string of the molecule is CC1CCCCN1CCCNC(=O)n1ccnc1. The van der Waals surface area contributed by atoms with Gasteiger partial charge in [-0.25, -0.2) is 9.78 Å². The highest BCUT2D eigenvalue weighted by Crippen LogP contribution is 2.15. The molecule has 2 heterocycles. The van der Waals surface area contributed by atoms with E-state index in [2.05, 4.69) is 22.1 Å². The third-order valence-corrected chi connectivity index (χ3v) is 3.58. The first-order valence-electron chi connectivity index (χ1n) is 6.77. The van der Waals surface area contributed by atoms with Gasteiger partial charge in [-0.3, -0.25) is 4.57 Å². The van der Waals surface area contributed by atoms with E-state index in [4.69, 9.17) is 0 Å². The predicted octanol–water partition coefficient (Wildman–Crippen LogP) is 1.71. The molecule has 1 N–H and O–H groups in total. The number of aromatic nitrogens is 2. The zero-order valence-electron chi connectivity index (χ0n) is 11.0. The van der Waals surface area contributed by atoms with Crippen molar-refractivity contribution in [2.75, 3.05) is 19.6 Å². The Hall–Kier alpha value is -1.36. The first-order chi connectivity index (χ1) is 8.77. The summed E-state index contributed by atoms with van der Waals surface area (Å²) in [6.45, 7) is 5.30. The fourth-order valence-corrected chi connectivity index (χ4v) is 2.44. The van der Waals surface area contributed by atoms with Gasteiger partial charge in [0.15, 0.2) is 0 Å². The molecular weight excluding hydrogens is 228 g/mol. The molecule has 0 aliphatic carbocycles. The minimum Gasteiger partial charge on any atom is -0.337 e. The molecule has 18 heavy (non-hydrogen) atoms. The maximum absolute atomic E-state index is 11.6. The van der Waals surface area contributed by atoms with Crippen LogP contribution in [-0.4, -0.2) is 46.2 Å². The smallest absolute Gasteiger partial charge is 0.326 e. The maximum Gasteiger partial charge on any atom is 0.326 e. The lowest BCUT2D eigenvalue weighted by molar-refractivity contribution is 0.159. The van der Waals surface area contributed by atoms with Crippen LogP contribution < -0.4 is 5.32 Å². The Labute approximate surface area is 108 Å². The molecular formula is C13H22N4O. The summed E-state index contributed by atoms with van der Waals surface area (Å²) in [5.74, 6) is 0. The monoisotopic (exact) mass is 250 g/mol. The van der Waals surface area contributed by atoms with Crippen LogP contribution >= 0.6 is 0 Å². The van der Waals surface area contributed by atoms with Crippen molar-refractivity contribution in [1.82, 2.24) is 19.8 Å². The third kappa shape index (κ3) is 3.57. The van der Waals surface area contributed by atoms with Crippen LogP contribution in [0.4, 0.5) is 4.79 Å². The van der Waals surface area contributed by atoms with Crippen molar-refractivity contribution in [1.29, 1.82) is 0 Å². The number of piperidine rings is 1. The van der Waals surface area contributed by atoms with E-state index in [0.29, 0.717) is 6.04 Å². The Morgan fingerprint density at radius 2 is 2.39 bits per heavy atom. The molecule has 1 atom stereocenters. The number of nitrogens with zero attached hydrogens (tertiary/aromatic N) is 3. The van der Waals surface area contributed by atoms with Gasteiger partial charge in [-0.2, -0.15) is 0 Å². The van der Waals surface area contributed by atoms with Gasteiger partial charge >= 0.3 is 6.03 Å². The lowest BCUT2D eigenvalue weighted by Gasteiger charge is -2.33. The van der Waals surface area contributed by atoms with Crippen LogP contribution in [0.15, 0.2) is 18.7 Å². The van der Waals surface area contributed by atoms with Crippen LogP contribution in [0, 0.1) is 0 Å². The van der Waals surface area contributed by atoms with Gasteiger partial charge in [-0.1, -0.05) is 6.42 Å². The molecule has 0 bridgehead atoms. The molecule has 1 aromatic rings. The van der Waals surface area contributed by atoms with Crippen LogP contribution in [0.5, 0.6) is 0 Å². The van der Waals surface area contributed by atoms with E-state index in [9.17, 15) is 4.79 Å². The molecule has 1 amide bonds. The highest BCUT2D eigenvalue weighted by atomic mass is 16.2. The van der Waals surface area contributed by atoms with Gasteiger partial charge in [0.25, 0.3) is 0 Å². The summed E-state index contributed by atoms with van der Waals surface area (Å²) in [4.78, 5) is 18.0. The van der Waals surface area contributed by atoms with E-state index >= 15 is 0 Å². The molecule has 5 nitrogen and oxygen atoms in total. The van der Waals surface area contributed by atoms with Crippen molar-refractivity contribution in [3.8, 4) is 0 Å². The normalized spacial score (nSPS) is 20.8. The quantitative estimate of drug-likeness (QED) is 0.828. The minimum atomic E-state index is -0.0980. The van der Waals surface area contributed by atoms with E-state index in [1.54, 1.807) is 12.4 Å². The van der Waals surface area contributed by atoms with E-state index in [1.807, 2.05) is 0 Å². The van der Waals surface area contributed by atoms with Crippen molar-refractivity contribution in [3.05, 3.63) is 18.7 Å². The number of hydrogen-bond donors (Lipinski definition) is 1. The molecule has 5 heteroatoms. The minimum absolute atomic E-state index is 0.0980. The summed E-state index contributed by atoms with van der Waals surface area (Å²) >= 11 is 0. The van der Waals surface area contributed by atoms with Gasteiger partial charge in [-0.05, 0) is 32.7 Å². The summed E-state index contributed by atoms with van der Waals surface area (Å²) in [7, 11) is 0. The van der Waals surface area contributed by atoms with Crippen LogP contribution in [0.1, 0.15) is 32.6 Å². The van der Waals surface area contributed by atoms with Crippen LogP contribution in [-0.2, 0) is 0 Å². The maximum atomic E-state index is 11.6. The number of amides is 1. The second kappa shape index (κ2) is 6.54. The third-order valence-electron chi connectivity index (χ3n) is 3.58. The van der Waals surface area contributed by atoms with E-state index < -0.39 is 0 Å². The van der Waals surface area contributed by atoms with Gasteiger partial charge in [0.05, 0.1) is 0 Å². The molecule has 1 saturated heterocycles. The first kappa shape index (κ1) is 13.1. The lowest BCUT2D eigenvalue weighted by Crippen LogP contribution is -2.39. The number of imidazole rings is 1. The Balaban J connectivity index is 1.62. The molecule has 0 radical (unpaired) electrons. The summed E-state index contributed by atoms with van der Waals surface area (Å²) in [5, 5.41) is 2.90. The molecule has 0 aromatic carbocycles. The fourth-order valence-electron chi connectivity index (χ4n) is 2.44. The lowest BCUT2D eigenvalue weighted by atomic mass is 10.0. The standard InChI is InChI=1S/C13H22N4O/c1-12-5-2-3-8-16(12)9-4-6-15-13(18)17-10-7-14-11-17/h7,10-12H,2-6,8-9H2,1H3,(H,15,18). The zero-order valence-corrected chi connectivity index (χ0v) is 11.0. The topological polar surface area (TPSA) is 50.2 Å². The van der Waals surface area contributed by atoms with E-state index in [1.165, 1.54) is 36.7 Å². The van der Waals surface area contributed by atoms with E-state index in [-0.39, 0.29) is 6.03 Å². The van der Waals surface area contributed by atoms with Crippen molar-refractivity contribution >= 4 is 6.03 Å². The van der Waals surface area contributed by atoms with Crippen molar-refractivity contribution in [2.24, 2.45) is 0 Å². The number of likely N-dealkylation sites (tertiary alicyclic amines) is 1. The van der Waals surface area contributed by atoms with Crippen molar-refractivity contribution in [3.63, 3.8) is 0 Å². The molecule has 1 aliphatic heterocycles. The average molecular weight is 250 g/mol. The average Bonchev–Trinajstić information content (AvgIpc) is 2.90. The van der Waals surface area contributed by atoms with Gasteiger partial charge < -0.3 is 10.2 Å². The Morgan fingerprint density at radius 3 is 3.11 bits per heavy atom. The second-order valence-electron chi connectivity index (χ2n) is 4.94. The molecule has 1 aromatic heterocycles. The largest absolute Gasteiger partial charge is 0.337 e. The number of hydrogen-bond acceptors (Lipinski definition) is 3. The van der Waals surface area contributed by atoms with Crippen LogP contribution in [0.25, 0.3) is 0 Å². The molecule has 1 unspecified atom stereocenters. The summed E-state index contributed by atoms with van der Waals surface area (Å²) in [6.07, 6.45) is 9.76. The highest BCUT2D eigenvalue weighted by Gasteiger charge is 2.17. The summed E-state index contributed by atoms with van der Waals surface area (Å²) < 4.78 is 1.46. The van der Waals surface area contributed by atoms with E-state index in [0.717, 1.165) is 19.5 Å². The summed E-state index contributed by atoms with van der Waals surface area (Å²) in [6, 6.07) is 0.599. The summed E-state index contributed by atoms with van der Waals surface area (Å²) in [5.41, 5.74) is 0. The number of carbonyl (C=O) groups is 1. The molecule has 2 rings (SSSR count). The Kier molecular flexibility index (Phi) is 4.75. The molecule has 1 fully saturated rings. The molecule has 0 saturated carbocycles.